The number of hydrogen-bond acceptors (Lipinski definition) is 7. The standard InChI is InChI=1S/C20H14BrClN6O2S/c1-11-9-18(25-16-8-7-15(22)10-17(16)28(29)30)27-20(23-11)31-19(26-27)24-12(2)13-3-5-14(21)6-4-13/h3-10H,1-2H3. The first-order chi connectivity index (χ1) is 14.8. The lowest BCUT2D eigenvalue weighted by Gasteiger charge is -2.00. The van der Waals surface area contributed by atoms with Crippen molar-refractivity contribution in [3.63, 3.8) is 0 Å². The smallest absolute Gasteiger partial charge is 0.258 e. The Kier molecular flexibility index (Phi) is 5.94. The average molecular weight is 518 g/mol. The molecule has 0 aliphatic rings. The maximum Gasteiger partial charge on any atom is 0.296 e. The molecule has 0 saturated heterocycles. The van der Waals surface area contributed by atoms with Crippen LogP contribution >= 0.6 is 38.9 Å². The second-order valence-electron chi connectivity index (χ2n) is 6.54. The van der Waals surface area contributed by atoms with Gasteiger partial charge in [0.1, 0.15) is 5.69 Å². The Hall–Kier alpha value is -2.95. The summed E-state index contributed by atoms with van der Waals surface area (Å²) in [6.07, 6.45) is 0. The van der Waals surface area contributed by atoms with Gasteiger partial charge in [-0.05, 0) is 43.7 Å². The van der Waals surface area contributed by atoms with Gasteiger partial charge < -0.3 is 0 Å². The fourth-order valence-corrected chi connectivity index (χ4v) is 4.12. The van der Waals surface area contributed by atoms with Crippen LogP contribution in [0, 0.1) is 17.0 Å². The van der Waals surface area contributed by atoms with E-state index < -0.39 is 4.92 Å². The van der Waals surface area contributed by atoms with Crippen LogP contribution in [0.25, 0.3) is 4.96 Å². The van der Waals surface area contributed by atoms with Crippen LogP contribution in [0.2, 0.25) is 5.02 Å². The third-order valence-electron chi connectivity index (χ3n) is 4.27. The molecule has 0 aliphatic carbocycles. The number of nitro benzene ring substituents is 1. The molecule has 0 saturated carbocycles. The largest absolute Gasteiger partial charge is 0.296 e. The maximum absolute atomic E-state index is 11.4. The molecule has 0 bridgehead atoms. The number of benzene rings is 2. The molecule has 8 nitrogen and oxygen atoms in total. The van der Waals surface area contributed by atoms with Crippen molar-refractivity contribution in [3.05, 3.63) is 84.9 Å². The molecular formula is C20H14BrClN6O2S. The van der Waals surface area contributed by atoms with Crippen LogP contribution in [0.5, 0.6) is 0 Å². The van der Waals surface area contributed by atoms with Crippen LogP contribution in [-0.2, 0) is 0 Å². The summed E-state index contributed by atoms with van der Waals surface area (Å²) in [7, 11) is 0. The first-order valence-electron chi connectivity index (χ1n) is 8.97. The molecule has 4 aromatic rings. The molecule has 2 aromatic carbocycles. The molecular weight excluding hydrogens is 504 g/mol. The molecule has 0 spiro atoms. The molecule has 0 amide bonds. The highest BCUT2D eigenvalue weighted by molar-refractivity contribution is 9.10. The summed E-state index contributed by atoms with van der Waals surface area (Å²) >= 11 is 10.6. The van der Waals surface area contributed by atoms with Crippen molar-refractivity contribution in [2.45, 2.75) is 13.8 Å². The molecule has 2 aromatic heterocycles. The highest BCUT2D eigenvalue weighted by Crippen LogP contribution is 2.30. The van der Waals surface area contributed by atoms with Crippen LogP contribution in [0.1, 0.15) is 18.2 Å². The zero-order chi connectivity index (χ0) is 22.1. The quantitative estimate of drug-likeness (QED) is 0.194. The SMILES string of the molecule is CC(=Nc1nn2c(=Nc3ccc(Cl)cc3[N+](=O)[O-])cc(C)nc2s1)c1ccc(Br)cc1. The lowest BCUT2D eigenvalue weighted by Crippen LogP contribution is -2.16. The number of nitro groups is 1. The number of aromatic nitrogens is 3. The Labute approximate surface area is 193 Å². The van der Waals surface area contributed by atoms with Crippen molar-refractivity contribution in [2.75, 3.05) is 0 Å². The minimum absolute atomic E-state index is 0.179. The molecule has 156 valence electrons. The molecule has 31 heavy (non-hydrogen) atoms. The number of aryl methyl sites for hydroxylation is 1. The second kappa shape index (κ2) is 8.66. The van der Waals surface area contributed by atoms with E-state index >= 15 is 0 Å². The lowest BCUT2D eigenvalue weighted by molar-refractivity contribution is -0.384. The van der Waals surface area contributed by atoms with Crippen LogP contribution in [0.3, 0.4) is 0 Å². The number of aliphatic imine (C=N–C) groups is 1. The summed E-state index contributed by atoms with van der Waals surface area (Å²) in [6.45, 7) is 3.73. The number of hydrogen-bond donors (Lipinski definition) is 0. The monoisotopic (exact) mass is 516 g/mol. The molecule has 0 unspecified atom stereocenters. The summed E-state index contributed by atoms with van der Waals surface area (Å²) in [4.78, 5) is 25.0. The van der Waals surface area contributed by atoms with Crippen LogP contribution in [0.15, 0.2) is 63.0 Å². The zero-order valence-electron chi connectivity index (χ0n) is 16.3. The van der Waals surface area contributed by atoms with Gasteiger partial charge in [-0.2, -0.15) is 4.52 Å². The van der Waals surface area contributed by atoms with E-state index in [0.717, 1.165) is 15.7 Å². The summed E-state index contributed by atoms with van der Waals surface area (Å²) in [5.74, 6) is 0. The predicted molar refractivity (Wildman–Crippen MR) is 125 cm³/mol. The normalized spacial score (nSPS) is 12.5. The number of nitrogens with zero attached hydrogens (tertiary/aromatic N) is 6. The van der Waals surface area contributed by atoms with Gasteiger partial charge in [-0.25, -0.2) is 15.0 Å². The highest BCUT2D eigenvalue weighted by Gasteiger charge is 2.15. The van der Waals surface area contributed by atoms with Crippen molar-refractivity contribution in [3.8, 4) is 0 Å². The van der Waals surface area contributed by atoms with E-state index in [4.69, 9.17) is 11.6 Å². The van der Waals surface area contributed by atoms with Crippen LogP contribution in [0.4, 0.5) is 16.5 Å². The second-order valence-corrected chi connectivity index (χ2v) is 8.83. The Balaban J connectivity index is 1.85. The van der Waals surface area contributed by atoms with E-state index in [1.54, 1.807) is 12.1 Å². The molecule has 2 heterocycles. The van der Waals surface area contributed by atoms with Gasteiger partial charge in [0.2, 0.25) is 10.1 Å². The van der Waals surface area contributed by atoms with Gasteiger partial charge in [0, 0.05) is 33.0 Å². The number of halogens is 2. The van der Waals surface area contributed by atoms with Gasteiger partial charge in [0.05, 0.1) is 4.92 Å². The minimum Gasteiger partial charge on any atom is -0.258 e. The van der Waals surface area contributed by atoms with E-state index in [1.165, 1.54) is 28.0 Å². The van der Waals surface area contributed by atoms with Crippen molar-refractivity contribution in [1.29, 1.82) is 0 Å². The fourth-order valence-electron chi connectivity index (χ4n) is 2.81. The van der Waals surface area contributed by atoms with Crippen molar-refractivity contribution in [2.24, 2.45) is 9.98 Å². The van der Waals surface area contributed by atoms with E-state index in [2.05, 4.69) is 36.0 Å². The predicted octanol–water partition coefficient (Wildman–Crippen LogP) is 5.80. The van der Waals surface area contributed by atoms with E-state index in [0.29, 0.717) is 21.3 Å². The topological polar surface area (TPSA) is 98.0 Å². The summed E-state index contributed by atoms with van der Waals surface area (Å²) in [5.41, 5.74) is 2.88. The van der Waals surface area contributed by atoms with Crippen LogP contribution in [-0.4, -0.2) is 25.2 Å². The Morgan fingerprint density at radius 2 is 1.97 bits per heavy atom. The zero-order valence-corrected chi connectivity index (χ0v) is 19.4. The van der Waals surface area contributed by atoms with Crippen molar-refractivity contribution < 1.29 is 4.92 Å². The number of rotatable bonds is 4. The molecule has 0 N–H and O–H groups in total. The molecule has 0 atom stereocenters. The summed E-state index contributed by atoms with van der Waals surface area (Å²) in [5, 5.41) is 16.7. The van der Waals surface area contributed by atoms with Gasteiger partial charge >= 0.3 is 0 Å². The fraction of sp³-hybridized carbons (Fsp3) is 0.100. The van der Waals surface area contributed by atoms with Gasteiger partial charge in [0.15, 0.2) is 5.49 Å². The average Bonchev–Trinajstić information content (AvgIpc) is 3.11. The Morgan fingerprint density at radius 3 is 2.68 bits per heavy atom. The van der Waals surface area contributed by atoms with Crippen molar-refractivity contribution >= 4 is 66.0 Å². The molecule has 0 radical (unpaired) electrons. The molecule has 4 rings (SSSR count). The Morgan fingerprint density at radius 1 is 1.23 bits per heavy atom. The van der Waals surface area contributed by atoms with E-state index in [9.17, 15) is 10.1 Å². The number of fused-ring (bicyclic) bond motifs is 1. The first kappa shape index (κ1) is 21.3. The van der Waals surface area contributed by atoms with Gasteiger partial charge in [0.25, 0.3) is 5.69 Å². The third kappa shape index (κ3) is 4.71. The van der Waals surface area contributed by atoms with Crippen LogP contribution < -0.4 is 5.49 Å². The van der Waals surface area contributed by atoms with Crippen molar-refractivity contribution in [1.82, 2.24) is 14.6 Å². The maximum atomic E-state index is 11.4. The molecule has 0 aliphatic heterocycles. The minimum atomic E-state index is -0.515. The van der Waals surface area contributed by atoms with E-state index in [-0.39, 0.29) is 16.4 Å². The first-order valence-corrected chi connectivity index (χ1v) is 11.0. The highest BCUT2D eigenvalue weighted by atomic mass is 79.9. The Bertz CT molecular complexity index is 1410. The van der Waals surface area contributed by atoms with E-state index in [1.807, 2.05) is 38.1 Å². The molecule has 0 fully saturated rings. The lowest BCUT2D eigenvalue weighted by atomic mass is 10.1. The molecule has 11 heteroatoms. The van der Waals surface area contributed by atoms with Gasteiger partial charge in [-0.15, -0.1) is 5.10 Å². The van der Waals surface area contributed by atoms with Gasteiger partial charge in [-0.1, -0.05) is 51.0 Å². The third-order valence-corrected chi connectivity index (χ3v) is 5.84. The van der Waals surface area contributed by atoms with Gasteiger partial charge in [-0.3, -0.25) is 10.1 Å². The summed E-state index contributed by atoms with van der Waals surface area (Å²) < 4.78 is 2.52. The summed E-state index contributed by atoms with van der Waals surface area (Å²) in [6, 6.07) is 13.9.